The van der Waals surface area contributed by atoms with Crippen molar-refractivity contribution in [2.24, 2.45) is 0 Å². The van der Waals surface area contributed by atoms with Gasteiger partial charge in [-0.3, -0.25) is 4.79 Å². The van der Waals surface area contributed by atoms with E-state index in [-0.39, 0.29) is 5.56 Å². The van der Waals surface area contributed by atoms with Crippen molar-refractivity contribution in [1.29, 1.82) is 0 Å². The number of aromatic amines is 1. The predicted molar refractivity (Wildman–Crippen MR) is 111 cm³/mol. The lowest BCUT2D eigenvalue weighted by molar-refractivity contribution is 0.340. The van der Waals surface area contributed by atoms with Gasteiger partial charge < -0.3 is 10.1 Å². The lowest BCUT2D eigenvalue weighted by Gasteiger charge is -2.27. The number of nitrogens with one attached hydrogen (secondary N) is 2. The predicted octanol–water partition coefficient (Wildman–Crippen LogP) is 3.17. The third-order valence-corrected chi connectivity index (χ3v) is 5.14. The first kappa shape index (κ1) is 18.3. The molecule has 3 heterocycles. The van der Waals surface area contributed by atoms with Gasteiger partial charge in [0.2, 0.25) is 5.95 Å². The maximum absolute atomic E-state index is 12.6. The highest BCUT2D eigenvalue weighted by molar-refractivity contribution is 6.30. The van der Waals surface area contributed by atoms with Crippen LogP contribution in [0.1, 0.15) is 24.1 Å². The van der Waals surface area contributed by atoms with E-state index in [0.29, 0.717) is 34.5 Å². The molecule has 1 aliphatic rings. The molecule has 2 N–H and O–H groups in total. The Labute approximate surface area is 175 Å². The summed E-state index contributed by atoms with van der Waals surface area (Å²) in [5.41, 5.74) is 2.97. The van der Waals surface area contributed by atoms with Crippen molar-refractivity contribution < 1.29 is 4.74 Å². The molecule has 2 aromatic heterocycles. The van der Waals surface area contributed by atoms with E-state index in [9.17, 15) is 4.79 Å². The lowest BCUT2D eigenvalue weighted by atomic mass is 9.92. The van der Waals surface area contributed by atoms with Gasteiger partial charge in [-0.15, -0.1) is 0 Å². The molecule has 5 rings (SSSR count). The third kappa shape index (κ3) is 3.00. The van der Waals surface area contributed by atoms with Gasteiger partial charge in [-0.05, 0) is 47.2 Å². The van der Waals surface area contributed by atoms with Crippen LogP contribution in [-0.2, 0) is 0 Å². The highest BCUT2D eigenvalue weighted by atomic mass is 35.5. The summed E-state index contributed by atoms with van der Waals surface area (Å²) >= 11 is 6.05. The normalized spacial score (nSPS) is 14.5. The van der Waals surface area contributed by atoms with Crippen molar-refractivity contribution in [3.63, 3.8) is 0 Å². The summed E-state index contributed by atoms with van der Waals surface area (Å²) in [7, 11) is 0. The van der Waals surface area contributed by atoms with Gasteiger partial charge in [0.05, 0.1) is 12.3 Å². The number of ether oxygens (including phenoxy) is 1. The fraction of sp³-hybridized carbons (Fsp3) is 0.150. The second kappa shape index (κ2) is 7.27. The van der Waals surface area contributed by atoms with Gasteiger partial charge in [0.1, 0.15) is 17.5 Å². The van der Waals surface area contributed by atoms with Crippen molar-refractivity contribution in [3.8, 4) is 17.0 Å². The molecule has 30 heavy (non-hydrogen) atoms. The zero-order valence-corrected chi connectivity index (χ0v) is 16.6. The van der Waals surface area contributed by atoms with Crippen molar-refractivity contribution in [3.05, 3.63) is 75.0 Å². The molecule has 4 aromatic rings. The largest absolute Gasteiger partial charge is 0.494 e. The minimum absolute atomic E-state index is 0.354. The van der Waals surface area contributed by atoms with E-state index in [4.69, 9.17) is 16.3 Å². The molecule has 9 nitrogen and oxygen atoms in total. The molecule has 1 atom stereocenters. The van der Waals surface area contributed by atoms with Crippen LogP contribution < -0.4 is 15.6 Å². The van der Waals surface area contributed by atoms with E-state index in [0.717, 1.165) is 16.9 Å². The second-order valence-corrected chi connectivity index (χ2v) is 7.11. The monoisotopic (exact) mass is 421 g/mol. The van der Waals surface area contributed by atoms with Gasteiger partial charge in [0, 0.05) is 16.1 Å². The van der Waals surface area contributed by atoms with E-state index < -0.39 is 6.04 Å². The molecule has 0 radical (unpaired) electrons. The Balaban J connectivity index is 1.74. The van der Waals surface area contributed by atoms with E-state index >= 15 is 0 Å². The van der Waals surface area contributed by atoms with Crippen molar-refractivity contribution >= 4 is 23.2 Å². The first-order valence-corrected chi connectivity index (χ1v) is 9.69. The van der Waals surface area contributed by atoms with Crippen LogP contribution in [0.15, 0.2) is 53.3 Å². The quantitative estimate of drug-likeness (QED) is 0.458. The number of fused-ring (bicyclic) bond motifs is 2. The molecule has 0 saturated carbocycles. The average molecular weight is 422 g/mol. The molecule has 0 aliphatic carbocycles. The van der Waals surface area contributed by atoms with Crippen LogP contribution in [-0.4, -0.2) is 37.0 Å². The zero-order chi connectivity index (χ0) is 20.7. The first-order chi connectivity index (χ1) is 14.7. The molecule has 0 unspecified atom stereocenters. The smallest absolute Gasteiger partial charge is 0.288 e. The zero-order valence-electron chi connectivity index (χ0n) is 15.8. The Morgan fingerprint density at radius 3 is 2.63 bits per heavy atom. The van der Waals surface area contributed by atoms with E-state index in [2.05, 4.69) is 31.0 Å². The van der Waals surface area contributed by atoms with Gasteiger partial charge in [-0.2, -0.15) is 9.78 Å². The minimum atomic E-state index is -0.456. The number of halogens is 1. The first-order valence-electron chi connectivity index (χ1n) is 9.32. The molecular formula is C20H16ClN7O2. The molecule has 2 aromatic carbocycles. The van der Waals surface area contributed by atoms with Gasteiger partial charge in [-0.1, -0.05) is 41.0 Å². The van der Waals surface area contributed by atoms with E-state index in [1.54, 1.807) is 16.8 Å². The number of hydrogen-bond acceptors (Lipinski definition) is 7. The minimum Gasteiger partial charge on any atom is -0.494 e. The summed E-state index contributed by atoms with van der Waals surface area (Å²) in [5.74, 6) is 1.13. The lowest BCUT2D eigenvalue weighted by Crippen LogP contribution is -2.29. The Bertz CT molecular complexity index is 1270. The third-order valence-electron chi connectivity index (χ3n) is 4.89. The number of rotatable bonds is 4. The fourth-order valence-corrected chi connectivity index (χ4v) is 3.71. The molecule has 0 amide bonds. The Morgan fingerprint density at radius 1 is 1.13 bits per heavy atom. The maximum atomic E-state index is 12.6. The Hall–Kier alpha value is -3.72. The number of benzene rings is 2. The summed E-state index contributed by atoms with van der Waals surface area (Å²) < 4.78 is 7.19. The summed E-state index contributed by atoms with van der Waals surface area (Å²) in [6.07, 6.45) is 0. The van der Waals surface area contributed by atoms with Crippen LogP contribution in [0, 0.1) is 0 Å². The van der Waals surface area contributed by atoms with Crippen LogP contribution >= 0.6 is 11.6 Å². The molecule has 0 fully saturated rings. The van der Waals surface area contributed by atoms with Crippen molar-refractivity contribution in [2.45, 2.75) is 13.0 Å². The molecule has 1 aliphatic heterocycles. The van der Waals surface area contributed by atoms with Gasteiger partial charge in [-0.25, -0.2) is 5.10 Å². The number of nitrogens with zero attached hydrogens (tertiary/aromatic N) is 5. The van der Waals surface area contributed by atoms with E-state index in [1.165, 1.54) is 0 Å². The number of tetrazole rings is 1. The number of aromatic nitrogens is 6. The SMILES string of the molecule is CCOc1ccc([C@@H]2c3c(-c4ccc(Cl)cc4)n[nH]c(=O)c3Nc3nnnn32)cc1. The average Bonchev–Trinajstić information content (AvgIpc) is 3.23. The number of hydrogen-bond donors (Lipinski definition) is 2. The van der Waals surface area contributed by atoms with Crippen LogP contribution in [0.2, 0.25) is 5.02 Å². The molecule has 150 valence electrons. The van der Waals surface area contributed by atoms with Crippen molar-refractivity contribution in [1.82, 2.24) is 30.4 Å². The highest BCUT2D eigenvalue weighted by Crippen LogP contribution is 2.41. The summed E-state index contributed by atoms with van der Waals surface area (Å²) in [6, 6.07) is 14.4. The van der Waals surface area contributed by atoms with Gasteiger partial charge in [0.25, 0.3) is 5.56 Å². The van der Waals surface area contributed by atoms with Gasteiger partial charge in [0.15, 0.2) is 0 Å². The Kier molecular flexibility index (Phi) is 4.44. The molecule has 0 spiro atoms. The van der Waals surface area contributed by atoms with Crippen molar-refractivity contribution in [2.75, 3.05) is 11.9 Å². The summed E-state index contributed by atoms with van der Waals surface area (Å²) in [6.45, 7) is 2.51. The fourth-order valence-electron chi connectivity index (χ4n) is 3.59. The highest BCUT2D eigenvalue weighted by Gasteiger charge is 2.34. The number of H-pyrrole nitrogens is 1. The standard InChI is InChI=1S/C20H16ClN7O2/c1-2-30-14-9-5-12(6-10-14)18-15-16(11-3-7-13(21)8-4-11)23-24-19(29)17(15)22-20-25-26-27-28(18)20/h3-10,18H,2H2,1H3,(H,24,29)(H,22,25,27)/t18-/m1/s1. The molecular weight excluding hydrogens is 406 g/mol. The van der Waals surface area contributed by atoms with Crippen LogP contribution in [0.5, 0.6) is 5.75 Å². The molecule has 0 saturated heterocycles. The second-order valence-electron chi connectivity index (χ2n) is 6.67. The number of anilines is 2. The molecule has 10 heteroatoms. The summed E-state index contributed by atoms with van der Waals surface area (Å²) in [5, 5.41) is 22.5. The molecule has 0 bridgehead atoms. The Morgan fingerprint density at radius 2 is 1.90 bits per heavy atom. The van der Waals surface area contributed by atoms with Crippen LogP contribution in [0.4, 0.5) is 11.6 Å². The van der Waals surface area contributed by atoms with Crippen LogP contribution in [0.25, 0.3) is 11.3 Å². The topological polar surface area (TPSA) is 111 Å². The van der Waals surface area contributed by atoms with E-state index in [1.807, 2.05) is 43.3 Å². The van der Waals surface area contributed by atoms with Crippen LogP contribution in [0.3, 0.4) is 0 Å². The van der Waals surface area contributed by atoms with Gasteiger partial charge >= 0.3 is 0 Å². The summed E-state index contributed by atoms with van der Waals surface area (Å²) in [4.78, 5) is 12.6. The maximum Gasteiger partial charge on any atom is 0.288 e.